The highest BCUT2D eigenvalue weighted by Crippen LogP contribution is 2.31. The summed E-state index contributed by atoms with van der Waals surface area (Å²) in [7, 11) is 0. The molecule has 0 saturated carbocycles. The molecule has 0 aliphatic carbocycles. The molecular formula is C9H8BrF3. The predicted octanol–water partition coefficient (Wildman–Crippen LogP) is 4.03. The summed E-state index contributed by atoms with van der Waals surface area (Å²) in [5.74, 6) is 0. The normalized spacial score (nSPS) is 11.8. The zero-order valence-electron chi connectivity index (χ0n) is 6.95. The molecule has 0 amide bonds. The number of alkyl halides is 3. The zero-order valence-corrected chi connectivity index (χ0v) is 8.54. The highest BCUT2D eigenvalue weighted by Gasteiger charge is 2.30. The Morgan fingerprint density at radius 2 is 1.92 bits per heavy atom. The number of hydrogen-bond donors (Lipinski definition) is 0. The summed E-state index contributed by atoms with van der Waals surface area (Å²) < 4.78 is 37.4. The largest absolute Gasteiger partial charge is 0.416 e. The molecule has 0 aliphatic rings. The maximum Gasteiger partial charge on any atom is 0.416 e. The van der Waals surface area contributed by atoms with Crippen molar-refractivity contribution in [1.82, 2.24) is 0 Å². The molecule has 0 heterocycles. The second-order valence-electron chi connectivity index (χ2n) is 2.66. The van der Waals surface area contributed by atoms with Gasteiger partial charge in [-0.25, -0.2) is 0 Å². The quantitative estimate of drug-likeness (QED) is 0.708. The first-order valence-corrected chi connectivity index (χ1v) is 4.60. The van der Waals surface area contributed by atoms with Crippen LogP contribution >= 0.6 is 15.9 Å². The lowest BCUT2D eigenvalue weighted by atomic mass is 10.1. The number of halogens is 4. The van der Waals surface area contributed by atoms with E-state index in [1.54, 1.807) is 0 Å². The van der Waals surface area contributed by atoms with Gasteiger partial charge in [-0.15, -0.1) is 0 Å². The fraction of sp³-hybridized carbons (Fsp3) is 0.333. The summed E-state index contributed by atoms with van der Waals surface area (Å²) in [4.78, 5) is 0. The molecule has 0 unspecified atom stereocenters. The van der Waals surface area contributed by atoms with Gasteiger partial charge in [0.05, 0.1) is 5.56 Å². The van der Waals surface area contributed by atoms with Crippen LogP contribution in [0.25, 0.3) is 0 Å². The summed E-state index contributed by atoms with van der Waals surface area (Å²) in [5.41, 5.74) is 0.0855. The molecule has 0 saturated heterocycles. The van der Waals surface area contributed by atoms with Crippen LogP contribution in [0, 0.1) is 0 Å². The van der Waals surface area contributed by atoms with Crippen LogP contribution in [-0.2, 0) is 12.6 Å². The molecular weight excluding hydrogens is 245 g/mol. The summed E-state index contributed by atoms with van der Waals surface area (Å²) in [6.45, 7) is 1.82. The van der Waals surface area contributed by atoms with Crippen LogP contribution in [0.15, 0.2) is 22.7 Å². The molecule has 1 rings (SSSR count). The van der Waals surface area contributed by atoms with Crippen LogP contribution in [-0.4, -0.2) is 0 Å². The van der Waals surface area contributed by atoms with Crippen molar-refractivity contribution in [2.75, 3.05) is 0 Å². The van der Waals surface area contributed by atoms with Crippen molar-refractivity contribution in [3.63, 3.8) is 0 Å². The number of rotatable bonds is 1. The van der Waals surface area contributed by atoms with Crippen LogP contribution < -0.4 is 0 Å². The Hall–Kier alpha value is -0.510. The van der Waals surface area contributed by atoms with Gasteiger partial charge in [-0.1, -0.05) is 22.9 Å². The van der Waals surface area contributed by atoms with Crippen LogP contribution in [0.2, 0.25) is 0 Å². The van der Waals surface area contributed by atoms with Gasteiger partial charge in [0.25, 0.3) is 0 Å². The molecule has 0 bridgehead atoms. The molecule has 1 aromatic rings. The van der Waals surface area contributed by atoms with E-state index in [1.165, 1.54) is 12.1 Å². The van der Waals surface area contributed by atoms with Gasteiger partial charge < -0.3 is 0 Å². The zero-order chi connectivity index (χ0) is 10.1. The average Bonchev–Trinajstić information content (AvgIpc) is 2.03. The second-order valence-corrected chi connectivity index (χ2v) is 3.51. The fourth-order valence-electron chi connectivity index (χ4n) is 1.02. The van der Waals surface area contributed by atoms with E-state index in [-0.39, 0.29) is 0 Å². The van der Waals surface area contributed by atoms with E-state index in [4.69, 9.17) is 0 Å². The van der Waals surface area contributed by atoms with Gasteiger partial charge >= 0.3 is 6.18 Å². The minimum absolute atomic E-state index is 0.588. The molecule has 0 spiro atoms. The minimum Gasteiger partial charge on any atom is -0.166 e. The third kappa shape index (κ3) is 2.46. The molecule has 1 aromatic carbocycles. The van der Waals surface area contributed by atoms with E-state index in [0.29, 0.717) is 12.0 Å². The van der Waals surface area contributed by atoms with Gasteiger partial charge in [0.2, 0.25) is 0 Å². The lowest BCUT2D eigenvalue weighted by molar-refractivity contribution is -0.137. The topological polar surface area (TPSA) is 0 Å². The summed E-state index contributed by atoms with van der Waals surface area (Å²) in [5, 5.41) is 0. The molecule has 0 fully saturated rings. The van der Waals surface area contributed by atoms with Gasteiger partial charge in [0.1, 0.15) is 0 Å². The SMILES string of the molecule is CCc1cc(C(F)(F)F)ccc1Br. The first-order valence-electron chi connectivity index (χ1n) is 3.80. The second kappa shape index (κ2) is 3.70. The van der Waals surface area contributed by atoms with Crippen molar-refractivity contribution >= 4 is 15.9 Å². The van der Waals surface area contributed by atoms with Gasteiger partial charge in [-0.05, 0) is 30.2 Å². The smallest absolute Gasteiger partial charge is 0.166 e. The number of hydrogen-bond acceptors (Lipinski definition) is 0. The van der Waals surface area contributed by atoms with Crippen LogP contribution in [0.5, 0.6) is 0 Å². The predicted molar refractivity (Wildman–Crippen MR) is 48.5 cm³/mol. The van der Waals surface area contributed by atoms with Crippen LogP contribution in [0.3, 0.4) is 0 Å². The van der Waals surface area contributed by atoms with Crippen molar-refractivity contribution in [3.05, 3.63) is 33.8 Å². The first-order chi connectivity index (χ1) is 5.95. The summed E-state index contributed by atoms with van der Waals surface area (Å²) in [6.07, 6.45) is -3.66. The Balaban J connectivity index is 3.14. The Labute approximate surface area is 82.9 Å². The fourth-order valence-corrected chi connectivity index (χ4v) is 1.55. The minimum atomic E-state index is -4.25. The van der Waals surface area contributed by atoms with Crippen molar-refractivity contribution in [1.29, 1.82) is 0 Å². The molecule has 13 heavy (non-hydrogen) atoms. The van der Waals surface area contributed by atoms with Crippen LogP contribution in [0.1, 0.15) is 18.1 Å². The lowest BCUT2D eigenvalue weighted by Gasteiger charge is -2.08. The third-order valence-corrected chi connectivity index (χ3v) is 2.53. The van der Waals surface area contributed by atoms with E-state index in [2.05, 4.69) is 15.9 Å². The molecule has 72 valence electrons. The Bertz CT molecular complexity index is 304. The molecule has 0 aromatic heterocycles. The Kier molecular flexibility index (Phi) is 3.01. The van der Waals surface area contributed by atoms with E-state index in [1.807, 2.05) is 6.92 Å². The highest BCUT2D eigenvalue weighted by molar-refractivity contribution is 9.10. The molecule has 4 heteroatoms. The van der Waals surface area contributed by atoms with E-state index >= 15 is 0 Å². The molecule has 0 nitrogen and oxygen atoms in total. The Morgan fingerprint density at radius 1 is 1.31 bits per heavy atom. The maximum absolute atomic E-state index is 12.2. The van der Waals surface area contributed by atoms with Crippen molar-refractivity contribution in [2.45, 2.75) is 19.5 Å². The first kappa shape index (κ1) is 10.6. The molecule has 0 aliphatic heterocycles. The van der Waals surface area contributed by atoms with E-state index in [0.717, 1.165) is 10.5 Å². The molecule has 0 N–H and O–H groups in total. The summed E-state index contributed by atoms with van der Waals surface area (Å²) >= 11 is 3.19. The molecule has 0 radical (unpaired) electrons. The molecule has 0 atom stereocenters. The standard InChI is InChI=1S/C9H8BrF3/c1-2-6-5-7(9(11,12)13)3-4-8(6)10/h3-5H,2H2,1H3. The summed E-state index contributed by atoms with van der Waals surface area (Å²) in [6, 6.07) is 3.68. The maximum atomic E-state index is 12.2. The van der Waals surface area contributed by atoms with Gasteiger partial charge in [-0.3, -0.25) is 0 Å². The monoisotopic (exact) mass is 252 g/mol. The van der Waals surface area contributed by atoms with Crippen molar-refractivity contribution in [3.8, 4) is 0 Å². The van der Waals surface area contributed by atoms with Crippen molar-refractivity contribution < 1.29 is 13.2 Å². The van der Waals surface area contributed by atoms with E-state index in [9.17, 15) is 13.2 Å². The average molecular weight is 253 g/mol. The number of benzene rings is 1. The Morgan fingerprint density at radius 3 is 2.38 bits per heavy atom. The van der Waals surface area contributed by atoms with Crippen molar-refractivity contribution in [2.24, 2.45) is 0 Å². The van der Waals surface area contributed by atoms with Gasteiger partial charge in [-0.2, -0.15) is 13.2 Å². The van der Waals surface area contributed by atoms with Gasteiger partial charge in [0, 0.05) is 4.47 Å². The lowest BCUT2D eigenvalue weighted by Crippen LogP contribution is -2.05. The number of aryl methyl sites for hydroxylation is 1. The third-order valence-electron chi connectivity index (χ3n) is 1.75. The van der Waals surface area contributed by atoms with Gasteiger partial charge in [0.15, 0.2) is 0 Å². The van der Waals surface area contributed by atoms with E-state index < -0.39 is 11.7 Å². The van der Waals surface area contributed by atoms with Crippen LogP contribution in [0.4, 0.5) is 13.2 Å². The highest BCUT2D eigenvalue weighted by atomic mass is 79.9.